The van der Waals surface area contributed by atoms with Crippen molar-refractivity contribution in [3.05, 3.63) is 29.8 Å². The van der Waals surface area contributed by atoms with Gasteiger partial charge in [0.2, 0.25) is 0 Å². The van der Waals surface area contributed by atoms with Gasteiger partial charge in [-0.15, -0.1) is 0 Å². The van der Waals surface area contributed by atoms with Gasteiger partial charge in [-0.2, -0.15) is 0 Å². The zero-order valence-electron chi connectivity index (χ0n) is 12.4. The number of rotatable bonds is 9. The first-order valence-corrected chi connectivity index (χ1v) is 7.16. The van der Waals surface area contributed by atoms with Crippen LogP contribution < -0.4 is 10.5 Å². The van der Waals surface area contributed by atoms with E-state index in [4.69, 9.17) is 15.2 Å². The Morgan fingerprint density at radius 3 is 2.37 bits per heavy atom. The molecule has 108 valence electrons. The molecule has 0 saturated carbocycles. The summed E-state index contributed by atoms with van der Waals surface area (Å²) < 4.78 is 11.1. The summed E-state index contributed by atoms with van der Waals surface area (Å²) in [5, 5.41) is 0. The normalized spacial score (nSPS) is 12.7. The third-order valence-corrected chi connectivity index (χ3v) is 2.89. The quantitative estimate of drug-likeness (QED) is 0.698. The molecule has 3 nitrogen and oxygen atoms in total. The average molecular weight is 265 g/mol. The molecule has 1 unspecified atom stereocenters. The topological polar surface area (TPSA) is 44.5 Å². The SMILES string of the molecule is CCC(N)Cc1ccc(OCCOCC(C)C)cc1. The van der Waals surface area contributed by atoms with Crippen LogP contribution in [0.15, 0.2) is 24.3 Å². The summed E-state index contributed by atoms with van der Waals surface area (Å²) in [5.41, 5.74) is 7.19. The summed E-state index contributed by atoms with van der Waals surface area (Å²) >= 11 is 0. The Bertz CT molecular complexity index is 335. The molecule has 0 bridgehead atoms. The van der Waals surface area contributed by atoms with Crippen molar-refractivity contribution in [1.29, 1.82) is 0 Å². The van der Waals surface area contributed by atoms with E-state index in [0.29, 0.717) is 19.1 Å². The molecule has 3 heteroatoms. The van der Waals surface area contributed by atoms with E-state index in [-0.39, 0.29) is 6.04 Å². The molecule has 1 atom stereocenters. The lowest BCUT2D eigenvalue weighted by atomic mass is 10.0. The number of ether oxygens (including phenoxy) is 2. The summed E-state index contributed by atoms with van der Waals surface area (Å²) in [6.07, 6.45) is 1.93. The van der Waals surface area contributed by atoms with E-state index < -0.39 is 0 Å². The molecule has 0 aliphatic heterocycles. The molecule has 19 heavy (non-hydrogen) atoms. The Balaban J connectivity index is 2.24. The number of nitrogens with two attached hydrogens (primary N) is 1. The monoisotopic (exact) mass is 265 g/mol. The van der Waals surface area contributed by atoms with E-state index in [1.54, 1.807) is 0 Å². The third kappa shape index (κ3) is 7.19. The number of benzene rings is 1. The highest BCUT2D eigenvalue weighted by molar-refractivity contribution is 5.27. The second-order valence-corrected chi connectivity index (χ2v) is 5.33. The number of hydrogen-bond donors (Lipinski definition) is 1. The fourth-order valence-electron chi connectivity index (χ4n) is 1.71. The fraction of sp³-hybridized carbons (Fsp3) is 0.625. The number of hydrogen-bond acceptors (Lipinski definition) is 3. The van der Waals surface area contributed by atoms with Crippen LogP contribution >= 0.6 is 0 Å². The molecule has 0 aliphatic carbocycles. The van der Waals surface area contributed by atoms with Gasteiger partial charge in [0.1, 0.15) is 12.4 Å². The van der Waals surface area contributed by atoms with E-state index in [1.165, 1.54) is 5.56 Å². The molecule has 0 aromatic heterocycles. The molecule has 1 aromatic carbocycles. The van der Waals surface area contributed by atoms with Gasteiger partial charge in [-0.25, -0.2) is 0 Å². The highest BCUT2D eigenvalue weighted by Crippen LogP contribution is 2.13. The van der Waals surface area contributed by atoms with Crippen LogP contribution in [-0.2, 0) is 11.2 Å². The molecular weight excluding hydrogens is 238 g/mol. The van der Waals surface area contributed by atoms with Gasteiger partial charge >= 0.3 is 0 Å². The van der Waals surface area contributed by atoms with Crippen molar-refractivity contribution in [3.8, 4) is 5.75 Å². The summed E-state index contributed by atoms with van der Waals surface area (Å²) in [6, 6.07) is 8.41. The Labute approximate surface area is 117 Å². The van der Waals surface area contributed by atoms with Gasteiger partial charge in [-0.1, -0.05) is 32.9 Å². The van der Waals surface area contributed by atoms with Gasteiger partial charge in [0.25, 0.3) is 0 Å². The zero-order valence-corrected chi connectivity index (χ0v) is 12.4. The van der Waals surface area contributed by atoms with Crippen LogP contribution in [0.3, 0.4) is 0 Å². The predicted molar refractivity (Wildman–Crippen MR) is 79.6 cm³/mol. The summed E-state index contributed by atoms with van der Waals surface area (Å²) in [7, 11) is 0. The van der Waals surface area contributed by atoms with Gasteiger partial charge in [0.05, 0.1) is 6.61 Å². The summed E-state index contributed by atoms with van der Waals surface area (Å²) in [5.74, 6) is 1.46. The summed E-state index contributed by atoms with van der Waals surface area (Å²) in [6.45, 7) is 8.42. The second-order valence-electron chi connectivity index (χ2n) is 5.33. The van der Waals surface area contributed by atoms with Crippen LogP contribution in [0.5, 0.6) is 5.75 Å². The minimum Gasteiger partial charge on any atom is -0.491 e. The smallest absolute Gasteiger partial charge is 0.119 e. The standard InChI is InChI=1S/C16H27NO2/c1-4-15(17)11-14-5-7-16(8-6-14)19-10-9-18-12-13(2)3/h5-8,13,15H,4,9-12,17H2,1-3H3. The van der Waals surface area contributed by atoms with Crippen LogP contribution in [0.2, 0.25) is 0 Å². The molecule has 0 fully saturated rings. The molecule has 2 N–H and O–H groups in total. The molecule has 1 rings (SSSR count). The Hall–Kier alpha value is -1.06. The Kier molecular flexibility index (Phi) is 7.53. The van der Waals surface area contributed by atoms with Gasteiger partial charge in [-0.3, -0.25) is 0 Å². The van der Waals surface area contributed by atoms with E-state index in [0.717, 1.165) is 25.2 Å². The van der Waals surface area contributed by atoms with Crippen LogP contribution in [0, 0.1) is 5.92 Å². The molecular formula is C16H27NO2. The highest BCUT2D eigenvalue weighted by atomic mass is 16.5. The zero-order chi connectivity index (χ0) is 14.1. The molecule has 0 saturated heterocycles. The van der Waals surface area contributed by atoms with Crippen molar-refractivity contribution >= 4 is 0 Å². The first-order chi connectivity index (χ1) is 9.11. The van der Waals surface area contributed by atoms with Gasteiger partial charge in [-0.05, 0) is 36.5 Å². The molecule has 0 spiro atoms. The lowest BCUT2D eigenvalue weighted by Crippen LogP contribution is -2.21. The van der Waals surface area contributed by atoms with Crippen molar-refractivity contribution < 1.29 is 9.47 Å². The fourth-order valence-corrected chi connectivity index (χ4v) is 1.71. The Morgan fingerprint density at radius 1 is 1.11 bits per heavy atom. The predicted octanol–water partition coefficient (Wildman–Crippen LogP) is 3.02. The first-order valence-electron chi connectivity index (χ1n) is 7.16. The van der Waals surface area contributed by atoms with E-state index in [2.05, 4.69) is 32.9 Å². The van der Waals surface area contributed by atoms with Crippen molar-refractivity contribution in [2.24, 2.45) is 11.7 Å². The molecule has 1 aromatic rings. The van der Waals surface area contributed by atoms with E-state index in [1.807, 2.05) is 12.1 Å². The van der Waals surface area contributed by atoms with Crippen LogP contribution in [0.4, 0.5) is 0 Å². The largest absolute Gasteiger partial charge is 0.491 e. The lowest BCUT2D eigenvalue weighted by molar-refractivity contribution is 0.0819. The maximum absolute atomic E-state index is 5.93. The van der Waals surface area contributed by atoms with Crippen LogP contribution in [-0.4, -0.2) is 25.9 Å². The maximum atomic E-state index is 5.93. The van der Waals surface area contributed by atoms with Crippen LogP contribution in [0.1, 0.15) is 32.8 Å². The maximum Gasteiger partial charge on any atom is 0.119 e. The van der Waals surface area contributed by atoms with Gasteiger partial charge in [0.15, 0.2) is 0 Å². The Morgan fingerprint density at radius 2 is 1.79 bits per heavy atom. The minimum atomic E-state index is 0.246. The molecule has 0 amide bonds. The van der Waals surface area contributed by atoms with Crippen molar-refractivity contribution in [1.82, 2.24) is 0 Å². The van der Waals surface area contributed by atoms with Gasteiger partial charge < -0.3 is 15.2 Å². The van der Waals surface area contributed by atoms with Gasteiger partial charge in [0, 0.05) is 12.6 Å². The van der Waals surface area contributed by atoms with Crippen molar-refractivity contribution in [2.45, 2.75) is 39.7 Å². The van der Waals surface area contributed by atoms with E-state index in [9.17, 15) is 0 Å². The van der Waals surface area contributed by atoms with Crippen LogP contribution in [0.25, 0.3) is 0 Å². The van der Waals surface area contributed by atoms with Crippen molar-refractivity contribution in [2.75, 3.05) is 19.8 Å². The van der Waals surface area contributed by atoms with E-state index >= 15 is 0 Å². The molecule has 0 heterocycles. The molecule has 0 radical (unpaired) electrons. The average Bonchev–Trinajstić information content (AvgIpc) is 2.39. The highest BCUT2D eigenvalue weighted by Gasteiger charge is 2.02. The third-order valence-electron chi connectivity index (χ3n) is 2.89. The minimum absolute atomic E-state index is 0.246. The molecule has 0 aliphatic rings. The first kappa shape index (κ1) is 16.0. The lowest BCUT2D eigenvalue weighted by Gasteiger charge is -2.11. The van der Waals surface area contributed by atoms with Crippen molar-refractivity contribution in [3.63, 3.8) is 0 Å². The summed E-state index contributed by atoms with van der Waals surface area (Å²) in [4.78, 5) is 0. The second kappa shape index (κ2) is 8.94.